The van der Waals surface area contributed by atoms with Crippen LogP contribution < -0.4 is 0 Å². The molecule has 0 aliphatic heterocycles. The summed E-state index contributed by atoms with van der Waals surface area (Å²) in [5, 5.41) is 0. The fraction of sp³-hybridized carbons (Fsp3) is 0.765. The third kappa shape index (κ3) is 7.76. The number of benzene rings is 2. The Morgan fingerprint density at radius 1 is 0.538 bits per heavy atom. The molecule has 52 heavy (non-hydrogen) atoms. The molecule has 0 amide bonds. The molecular formula is C51H80O. The van der Waals surface area contributed by atoms with Crippen molar-refractivity contribution in [2.45, 2.75) is 177 Å². The van der Waals surface area contributed by atoms with E-state index in [2.05, 4.69) is 146 Å². The Bertz CT molecular complexity index is 1480. The van der Waals surface area contributed by atoms with E-state index in [1.807, 2.05) is 7.11 Å². The van der Waals surface area contributed by atoms with Crippen molar-refractivity contribution in [3.05, 3.63) is 70.3 Å². The van der Waals surface area contributed by atoms with Gasteiger partial charge in [-0.2, -0.15) is 0 Å². The van der Waals surface area contributed by atoms with Gasteiger partial charge in [0.25, 0.3) is 0 Å². The lowest BCUT2D eigenvalue weighted by atomic mass is 9.57. The van der Waals surface area contributed by atoms with Gasteiger partial charge in [0.1, 0.15) is 0 Å². The average molecular weight is 709 g/mol. The zero-order chi connectivity index (χ0) is 38.3. The molecule has 4 fully saturated rings. The number of rotatable bonds is 5. The predicted molar refractivity (Wildman–Crippen MR) is 224 cm³/mol. The van der Waals surface area contributed by atoms with Crippen LogP contribution in [0.1, 0.15) is 182 Å². The van der Waals surface area contributed by atoms with E-state index in [-0.39, 0.29) is 27.8 Å². The minimum Gasteiger partial charge on any atom is -0.381 e. The highest BCUT2D eigenvalue weighted by molar-refractivity contribution is 5.40. The number of methoxy groups -OCH3 is 1. The van der Waals surface area contributed by atoms with Gasteiger partial charge in [-0.3, -0.25) is 0 Å². The van der Waals surface area contributed by atoms with Gasteiger partial charge in [-0.05, 0) is 153 Å². The monoisotopic (exact) mass is 709 g/mol. The zero-order valence-electron chi connectivity index (χ0n) is 36.7. The normalized spacial score (nSPS) is 37.2. The molecule has 2 aromatic carbocycles. The summed E-state index contributed by atoms with van der Waals surface area (Å²) >= 11 is 0. The summed E-state index contributed by atoms with van der Waals surface area (Å²) in [6.07, 6.45) is 8.64. The van der Waals surface area contributed by atoms with Gasteiger partial charge in [-0.1, -0.05) is 146 Å². The van der Waals surface area contributed by atoms with Gasteiger partial charge < -0.3 is 4.74 Å². The second-order valence-electron chi connectivity index (χ2n) is 23.5. The van der Waals surface area contributed by atoms with Crippen molar-refractivity contribution in [3.63, 3.8) is 0 Å². The Labute approximate surface area is 322 Å². The summed E-state index contributed by atoms with van der Waals surface area (Å²) in [5.41, 5.74) is 8.27. The first-order chi connectivity index (χ1) is 24.0. The van der Waals surface area contributed by atoms with Gasteiger partial charge >= 0.3 is 0 Å². The highest BCUT2D eigenvalue weighted by Crippen LogP contribution is 2.63. The van der Waals surface area contributed by atoms with E-state index in [0.717, 1.165) is 53.3 Å². The molecular weight excluding hydrogens is 629 g/mol. The Kier molecular flexibility index (Phi) is 10.9. The molecule has 0 N–H and O–H groups in total. The van der Waals surface area contributed by atoms with Crippen molar-refractivity contribution in [2.24, 2.45) is 64.6 Å². The van der Waals surface area contributed by atoms with Crippen LogP contribution in [0, 0.1) is 64.6 Å². The first kappa shape index (κ1) is 40.1. The van der Waals surface area contributed by atoms with Crippen molar-refractivity contribution in [2.75, 3.05) is 7.11 Å². The third-order valence-corrected chi connectivity index (χ3v) is 15.7. The lowest BCUT2D eigenvalue weighted by Crippen LogP contribution is -2.48. The van der Waals surface area contributed by atoms with Gasteiger partial charge in [0.2, 0.25) is 0 Å². The first-order valence-electron chi connectivity index (χ1n) is 21.8. The molecule has 6 rings (SSSR count). The molecule has 290 valence electrons. The number of hydrogen-bond donors (Lipinski definition) is 0. The average Bonchev–Trinajstić information content (AvgIpc) is 3.52. The molecule has 0 radical (unpaired) electrons. The van der Waals surface area contributed by atoms with Gasteiger partial charge in [-0.25, -0.2) is 0 Å². The van der Waals surface area contributed by atoms with Crippen molar-refractivity contribution in [1.29, 1.82) is 0 Å². The van der Waals surface area contributed by atoms with Crippen LogP contribution in [0.3, 0.4) is 0 Å². The molecule has 4 aliphatic rings. The van der Waals surface area contributed by atoms with Crippen LogP contribution in [0.4, 0.5) is 0 Å². The van der Waals surface area contributed by atoms with E-state index in [1.54, 1.807) is 11.1 Å². The van der Waals surface area contributed by atoms with Gasteiger partial charge in [-0.15, -0.1) is 0 Å². The van der Waals surface area contributed by atoms with Crippen LogP contribution in [0.2, 0.25) is 0 Å². The summed E-state index contributed by atoms with van der Waals surface area (Å²) in [5.74, 6) is 9.01. The van der Waals surface area contributed by atoms with E-state index in [9.17, 15) is 0 Å². The van der Waals surface area contributed by atoms with Crippen molar-refractivity contribution in [1.82, 2.24) is 0 Å². The fourth-order valence-electron chi connectivity index (χ4n) is 12.7. The smallest absolute Gasteiger partial charge is 0.0675 e. The predicted octanol–water partition coefficient (Wildman–Crippen LogP) is 14.1. The Morgan fingerprint density at radius 2 is 1.04 bits per heavy atom. The van der Waals surface area contributed by atoms with Crippen LogP contribution >= 0.6 is 0 Å². The van der Waals surface area contributed by atoms with E-state index < -0.39 is 0 Å². The van der Waals surface area contributed by atoms with Crippen LogP contribution in [-0.2, 0) is 21.0 Å². The van der Waals surface area contributed by atoms with Gasteiger partial charge in [0.05, 0.1) is 6.10 Å². The van der Waals surface area contributed by atoms with Crippen molar-refractivity contribution in [3.8, 4) is 0 Å². The third-order valence-electron chi connectivity index (χ3n) is 15.7. The molecule has 0 bridgehead atoms. The Hall–Kier alpha value is -1.60. The quantitative estimate of drug-likeness (QED) is 0.300. The van der Waals surface area contributed by atoms with E-state index in [0.29, 0.717) is 17.8 Å². The molecule has 13 unspecified atom stereocenters. The SMILES string of the molecule is COC1C(c2cc(C(C)(C)C)cc(C(C)(C)C)c2)C2CC(C)C(CC3C(C)CC4C(c5ccc(C(C)(C)C)cc5)CC(C)CC34)C2CC1C(C)(C)C. The highest BCUT2D eigenvalue weighted by Gasteiger charge is 2.57. The van der Waals surface area contributed by atoms with E-state index in [4.69, 9.17) is 4.74 Å². The lowest BCUT2D eigenvalue weighted by Gasteiger charge is -2.51. The van der Waals surface area contributed by atoms with Gasteiger partial charge in [0.15, 0.2) is 0 Å². The Morgan fingerprint density at radius 3 is 1.52 bits per heavy atom. The lowest BCUT2D eigenvalue weighted by molar-refractivity contribution is -0.0759. The minimum atomic E-state index is 0.111. The summed E-state index contributed by atoms with van der Waals surface area (Å²) < 4.78 is 6.74. The van der Waals surface area contributed by atoms with E-state index in [1.165, 1.54) is 55.2 Å². The largest absolute Gasteiger partial charge is 0.381 e. The van der Waals surface area contributed by atoms with Crippen LogP contribution in [0.15, 0.2) is 42.5 Å². The fourth-order valence-corrected chi connectivity index (χ4v) is 12.7. The maximum absolute atomic E-state index is 6.74. The molecule has 0 aromatic heterocycles. The topological polar surface area (TPSA) is 9.23 Å². The van der Waals surface area contributed by atoms with Crippen molar-refractivity contribution >= 4 is 0 Å². The molecule has 0 heterocycles. The standard InChI is InChI=1S/C51H80O/c1-30-21-40(33-17-19-35(20-18-33)48(4,5)6)42-23-31(2)38(41(42)22-30)28-39-32(3)24-44-43(39)29-45(51(13,14)15)47(52-16)46(44)34-25-36(49(7,8)9)27-37(26-34)50(10,11)12/h17-20,25-27,30-32,38-47H,21-24,28-29H2,1-16H3. The minimum absolute atomic E-state index is 0.111. The summed E-state index contributed by atoms with van der Waals surface area (Å²) in [6.45, 7) is 36.8. The zero-order valence-corrected chi connectivity index (χ0v) is 36.7. The molecule has 0 saturated heterocycles. The van der Waals surface area contributed by atoms with E-state index >= 15 is 0 Å². The molecule has 1 nitrogen and oxygen atoms in total. The van der Waals surface area contributed by atoms with Gasteiger partial charge in [0, 0.05) is 13.0 Å². The maximum atomic E-state index is 6.74. The number of hydrogen-bond acceptors (Lipinski definition) is 1. The molecule has 1 heteroatoms. The second kappa shape index (κ2) is 14.2. The summed E-state index contributed by atoms with van der Waals surface area (Å²) in [6, 6.07) is 17.7. The maximum Gasteiger partial charge on any atom is 0.0675 e. The number of fused-ring (bicyclic) bond motifs is 2. The first-order valence-corrected chi connectivity index (χ1v) is 21.8. The Balaban J connectivity index is 1.34. The van der Waals surface area contributed by atoms with Crippen LogP contribution in [0.25, 0.3) is 0 Å². The van der Waals surface area contributed by atoms with Crippen LogP contribution in [-0.4, -0.2) is 13.2 Å². The molecule has 0 spiro atoms. The number of ether oxygens (including phenoxy) is 1. The molecule has 13 atom stereocenters. The highest BCUT2D eigenvalue weighted by atomic mass is 16.5. The summed E-state index contributed by atoms with van der Waals surface area (Å²) in [7, 11) is 2.03. The molecule has 4 saturated carbocycles. The second-order valence-corrected chi connectivity index (χ2v) is 23.5. The molecule has 4 aliphatic carbocycles. The van der Waals surface area contributed by atoms with Crippen LogP contribution in [0.5, 0.6) is 0 Å². The van der Waals surface area contributed by atoms with Crippen molar-refractivity contribution < 1.29 is 4.74 Å². The molecule has 2 aromatic rings. The summed E-state index contributed by atoms with van der Waals surface area (Å²) in [4.78, 5) is 0.